The Balaban J connectivity index is 1.70. The lowest BCUT2D eigenvalue weighted by molar-refractivity contribution is -0.267. The van der Waals surface area contributed by atoms with Gasteiger partial charge in [0.05, 0.1) is 17.8 Å². The molecule has 0 aromatic rings. The summed E-state index contributed by atoms with van der Waals surface area (Å²) < 4.78 is 0. The first-order valence-electron chi connectivity index (χ1n) is 9.89. The molecule has 0 heterocycles. The summed E-state index contributed by atoms with van der Waals surface area (Å²) >= 11 is 0. The van der Waals surface area contributed by atoms with Gasteiger partial charge in [0.2, 0.25) is 0 Å². The van der Waals surface area contributed by atoms with Gasteiger partial charge in [-0.15, -0.1) is 0 Å². The van der Waals surface area contributed by atoms with Gasteiger partial charge in [-0.2, -0.15) is 0 Å². The van der Waals surface area contributed by atoms with Gasteiger partial charge in [-0.05, 0) is 68.1 Å². The summed E-state index contributed by atoms with van der Waals surface area (Å²) in [5.41, 5.74) is -0.860. The molecule has 4 rings (SSSR count). The first kappa shape index (κ1) is 16.4. The van der Waals surface area contributed by atoms with Crippen molar-refractivity contribution in [3.63, 3.8) is 0 Å². The predicted octanol–water partition coefficient (Wildman–Crippen LogP) is 3.26. The van der Waals surface area contributed by atoms with E-state index in [1.54, 1.807) is 0 Å². The van der Waals surface area contributed by atoms with E-state index in [1.165, 1.54) is 38.5 Å². The van der Waals surface area contributed by atoms with Gasteiger partial charge in [0.15, 0.2) is 0 Å². The van der Waals surface area contributed by atoms with Crippen LogP contribution in [-0.2, 0) is 0 Å². The molecule has 4 fully saturated rings. The summed E-state index contributed by atoms with van der Waals surface area (Å²) in [6.45, 7) is 4.69. The molecule has 1 unspecified atom stereocenters. The van der Waals surface area contributed by atoms with Gasteiger partial charge in [0.1, 0.15) is 0 Å². The lowest BCUT2D eigenvalue weighted by Gasteiger charge is -2.66. The molecule has 8 atom stereocenters. The van der Waals surface area contributed by atoms with E-state index in [0.29, 0.717) is 23.7 Å². The highest BCUT2D eigenvalue weighted by molar-refractivity contribution is 5.15. The normalized spacial score (nSPS) is 59.6. The third kappa shape index (κ3) is 2.12. The first-order valence-corrected chi connectivity index (χ1v) is 9.89. The Morgan fingerprint density at radius 1 is 0.870 bits per heavy atom. The van der Waals surface area contributed by atoms with E-state index < -0.39 is 17.8 Å². The van der Waals surface area contributed by atoms with Gasteiger partial charge in [0.25, 0.3) is 0 Å². The monoisotopic (exact) mass is 322 g/mol. The van der Waals surface area contributed by atoms with Crippen molar-refractivity contribution in [2.45, 2.75) is 95.9 Å². The number of aliphatic hydroxyl groups excluding tert-OH is 2. The van der Waals surface area contributed by atoms with Crippen LogP contribution in [0.1, 0.15) is 78.1 Å². The zero-order valence-corrected chi connectivity index (χ0v) is 14.8. The van der Waals surface area contributed by atoms with Crippen molar-refractivity contribution in [3.05, 3.63) is 0 Å². The van der Waals surface area contributed by atoms with Gasteiger partial charge < -0.3 is 15.3 Å². The molecule has 3 N–H and O–H groups in total. The SMILES string of the molecule is C[C@@]12CCCC[C@H]1[C@@H]1C[C@@H](O)[C@@]3(O)C[C@@H](O)CC[C@]3(C)C1CC2. The average Bonchev–Trinajstić information content (AvgIpc) is 2.50. The quantitative estimate of drug-likeness (QED) is 0.641. The summed E-state index contributed by atoms with van der Waals surface area (Å²) in [5.74, 6) is 1.79. The van der Waals surface area contributed by atoms with Crippen LogP contribution in [0.2, 0.25) is 0 Å². The Hall–Kier alpha value is -0.120. The number of fused-ring (bicyclic) bond motifs is 5. The van der Waals surface area contributed by atoms with E-state index in [2.05, 4.69) is 13.8 Å². The van der Waals surface area contributed by atoms with Crippen molar-refractivity contribution in [3.8, 4) is 0 Å². The standard InChI is InChI=1S/C20H34O3/c1-18-8-4-3-5-15(18)14-11-17(22)20(23)12-13(21)6-10-19(20,2)16(14)7-9-18/h13-17,21-23H,3-12H2,1-2H3/t13-,14-,15-,16?,17+,18-,19+,20-/m0/s1. The summed E-state index contributed by atoms with van der Waals surface area (Å²) in [7, 11) is 0. The van der Waals surface area contributed by atoms with E-state index in [4.69, 9.17) is 0 Å². The maximum absolute atomic E-state index is 11.4. The predicted molar refractivity (Wildman–Crippen MR) is 89.8 cm³/mol. The van der Waals surface area contributed by atoms with Crippen LogP contribution >= 0.6 is 0 Å². The summed E-state index contributed by atoms with van der Waals surface area (Å²) in [6, 6.07) is 0. The highest BCUT2D eigenvalue weighted by Crippen LogP contribution is 2.66. The van der Waals surface area contributed by atoms with Crippen LogP contribution in [0.25, 0.3) is 0 Å². The van der Waals surface area contributed by atoms with Crippen molar-refractivity contribution in [2.24, 2.45) is 28.6 Å². The number of rotatable bonds is 0. The number of hydrogen-bond acceptors (Lipinski definition) is 3. The maximum Gasteiger partial charge on any atom is 0.0985 e. The maximum atomic E-state index is 11.4. The lowest BCUT2D eigenvalue weighted by atomic mass is 9.41. The van der Waals surface area contributed by atoms with Crippen LogP contribution in [0, 0.1) is 28.6 Å². The van der Waals surface area contributed by atoms with E-state index >= 15 is 0 Å². The van der Waals surface area contributed by atoms with Crippen molar-refractivity contribution in [1.29, 1.82) is 0 Å². The fourth-order valence-electron chi connectivity index (χ4n) is 7.42. The number of aliphatic hydroxyl groups is 3. The molecule has 0 aliphatic heterocycles. The van der Waals surface area contributed by atoms with Crippen LogP contribution in [0.4, 0.5) is 0 Å². The Kier molecular flexibility index (Phi) is 3.69. The van der Waals surface area contributed by atoms with Crippen LogP contribution in [0.3, 0.4) is 0 Å². The fraction of sp³-hybridized carbons (Fsp3) is 1.00. The Bertz CT molecular complexity index is 480. The van der Waals surface area contributed by atoms with Gasteiger partial charge in [0, 0.05) is 11.8 Å². The molecule has 0 radical (unpaired) electrons. The lowest BCUT2D eigenvalue weighted by Crippen LogP contribution is -2.68. The molecule has 3 nitrogen and oxygen atoms in total. The second kappa shape index (κ2) is 5.19. The molecular weight excluding hydrogens is 288 g/mol. The van der Waals surface area contributed by atoms with E-state index in [9.17, 15) is 15.3 Å². The smallest absolute Gasteiger partial charge is 0.0985 e. The van der Waals surface area contributed by atoms with Gasteiger partial charge in [-0.1, -0.05) is 26.7 Å². The van der Waals surface area contributed by atoms with Crippen LogP contribution < -0.4 is 0 Å². The molecule has 0 aromatic carbocycles. The highest BCUT2D eigenvalue weighted by Gasteiger charge is 2.65. The molecule has 0 saturated heterocycles. The molecule has 0 bridgehead atoms. The molecule has 4 aliphatic carbocycles. The summed E-state index contributed by atoms with van der Waals surface area (Å²) in [6.07, 6.45) is 9.42. The molecule has 4 aliphatic rings. The minimum absolute atomic E-state index is 0.229. The molecule has 3 heteroatoms. The second-order valence-corrected chi connectivity index (χ2v) is 9.81. The zero-order chi connectivity index (χ0) is 16.5. The molecule has 0 spiro atoms. The van der Waals surface area contributed by atoms with Crippen LogP contribution in [-0.4, -0.2) is 33.1 Å². The van der Waals surface area contributed by atoms with Crippen LogP contribution in [0.15, 0.2) is 0 Å². The molecule has 23 heavy (non-hydrogen) atoms. The highest BCUT2D eigenvalue weighted by atomic mass is 16.3. The fourth-order valence-corrected chi connectivity index (χ4v) is 7.42. The summed E-state index contributed by atoms with van der Waals surface area (Å²) in [5, 5.41) is 32.4. The molecular formula is C20H34O3. The van der Waals surface area contributed by atoms with Crippen molar-refractivity contribution >= 4 is 0 Å². The number of hydrogen-bond donors (Lipinski definition) is 3. The molecule has 4 saturated carbocycles. The van der Waals surface area contributed by atoms with E-state index in [1.807, 2.05) is 0 Å². The van der Waals surface area contributed by atoms with Crippen molar-refractivity contribution in [2.75, 3.05) is 0 Å². The largest absolute Gasteiger partial charge is 0.393 e. The third-order valence-corrected chi connectivity index (χ3v) is 8.87. The minimum Gasteiger partial charge on any atom is -0.393 e. The van der Waals surface area contributed by atoms with Gasteiger partial charge >= 0.3 is 0 Å². The van der Waals surface area contributed by atoms with E-state index in [0.717, 1.165) is 25.2 Å². The second-order valence-electron chi connectivity index (χ2n) is 9.81. The topological polar surface area (TPSA) is 60.7 Å². The van der Waals surface area contributed by atoms with E-state index in [-0.39, 0.29) is 5.41 Å². The molecule has 132 valence electrons. The Morgan fingerprint density at radius 2 is 1.65 bits per heavy atom. The van der Waals surface area contributed by atoms with Gasteiger partial charge in [-0.3, -0.25) is 0 Å². The van der Waals surface area contributed by atoms with Crippen molar-refractivity contribution < 1.29 is 15.3 Å². The van der Waals surface area contributed by atoms with Crippen LogP contribution in [0.5, 0.6) is 0 Å². The zero-order valence-electron chi connectivity index (χ0n) is 14.8. The summed E-state index contributed by atoms with van der Waals surface area (Å²) in [4.78, 5) is 0. The molecule has 0 aromatic heterocycles. The molecule has 0 amide bonds. The van der Waals surface area contributed by atoms with Gasteiger partial charge in [-0.25, -0.2) is 0 Å². The Morgan fingerprint density at radius 3 is 2.43 bits per heavy atom. The third-order valence-electron chi connectivity index (χ3n) is 8.87. The minimum atomic E-state index is -1.09. The Labute approximate surface area is 140 Å². The van der Waals surface area contributed by atoms with Crippen molar-refractivity contribution in [1.82, 2.24) is 0 Å². The first-order chi connectivity index (χ1) is 10.8. The average molecular weight is 322 g/mol.